The predicted molar refractivity (Wildman–Crippen MR) is 108 cm³/mol. The molecule has 0 saturated heterocycles. The van der Waals surface area contributed by atoms with E-state index in [4.69, 9.17) is 33.1 Å². The second-order valence-electron chi connectivity index (χ2n) is 6.25. The van der Waals surface area contributed by atoms with Gasteiger partial charge in [0.1, 0.15) is 5.75 Å². The molecule has 28 heavy (non-hydrogen) atoms. The van der Waals surface area contributed by atoms with Crippen molar-refractivity contribution in [1.82, 2.24) is 10.8 Å². The monoisotopic (exact) mass is 424 g/mol. The quantitative estimate of drug-likeness (QED) is 0.422. The van der Waals surface area contributed by atoms with Gasteiger partial charge in [0.2, 0.25) is 11.8 Å². The molecule has 0 bridgehead atoms. The Morgan fingerprint density at radius 2 is 1.75 bits per heavy atom. The minimum absolute atomic E-state index is 0.0530. The van der Waals surface area contributed by atoms with Crippen molar-refractivity contribution in [3.05, 3.63) is 63.6 Å². The number of carbonyl (C=O) groups is 2. The first-order chi connectivity index (χ1) is 13.4. The number of rotatable bonds is 9. The molecule has 2 amide bonds. The molecule has 0 saturated carbocycles. The molecule has 1 unspecified atom stereocenters. The molecular weight excluding hydrogens is 403 g/mol. The van der Waals surface area contributed by atoms with Crippen LogP contribution in [0.15, 0.2) is 42.5 Å². The minimum Gasteiger partial charge on any atom is -0.497 e. The summed E-state index contributed by atoms with van der Waals surface area (Å²) in [5.41, 5.74) is 3.29. The summed E-state index contributed by atoms with van der Waals surface area (Å²) in [7, 11) is 1.61. The minimum atomic E-state index is -0.595. The second kappa shape index (κ2) is 10.9. The topological polar surface area (TPSA) is 87.7 Å². The summed E-state index contributed by atoms with van der Waals surface area (Å²) in [5, 5.41) is 12.5. The zero-order chi connectivity index (χ0) is 20.5. The molecule has 0 heterocycles. The average molecular weight is 425 g/mol. The molecule has 0 aliphatic heterocycles. The van der Waals surface area contributed by atoms with Crippen LogP contribution in [0, 0.1) is 0 Å². The molecular formula is C20H22Cl2N2O4. The molecule has 0 aromatic heterocycles. The highest BCUT2D eigenvalue weighted by Gasteiger charge is 2.22. The van der Waals surface area contributed by atoms with Crippen LogP contribution >= 0.6 is 23.2 Å². The Morgan fingerprint density at radius 1 is 1.07 bits per heavy atom. The van der Waals surface area contributed by atoms with Gasteiger partial charge >= 0.3 is 0 Å². The Balaban J connectivity index is 1.96. The van der Waals surface area contributed by atoms with E-state index in [0.717, 1.165) is 11.3 Å². The third-order valence-corrected chi connectivity index (χ3v) is 4.85. The van der Waals surface area contributed by atoms with Crippen molar-refractivity contribution in [3.8, 4) is 5.75 Å². The zero-order valence-electron chi connectivity index (χ0n) is 15.4. The van der Waals surface area contributed by atoms with Crippen LogP contribution < -0.4 is 15.5 Å². The fourth-order valence-electron chi connectivity index (χ4n) is 2.83. The van der Waals surface area contributed by atoms with Gasteiger partial charge in [-0.3, -0.25) is 14.8 Å². The van der Waals surface area contributed by atoms with Gasteiger partial charge in [-0.25, -0.2) is 5.48 Å². The van der Waals surface area contributed by atoms with Crippen LogP contribution in [0.5, 0.6) is 5.75 Å². The molecule has 1 atom stereocenters. The van der Waals surface area contributed by atoms with Gasteiger partial charge < -0.3 is 10.1 Å². The lowest BCUT2D eigenvalue weighted by Crippen LogP contribution is -2.29. The van der Waals surface area contributed by atoms with E-state index in [1.165, 1.54) is 0 Å². The van der Waals surface area contributed by atoms with E-state index in [-0.39, 0.29) is 18.7 Å². The Labute approximate surface area is 173 Å². The molecule has 0 radical (unpaired) electrons. The van der Waals surface area contributed by atoms with E-state index in [9.17, 15) is 9.59 Å². The maximum Gasteiger partial charge on any atom is 0.243 e. The normalized spacial score (nSPS) is 11.6. The van der Waals surface area contributed by atoms with Crippen LogP contribution in [0.3, 0.4) is 0 Å². The van der Waals surface area contributed by atoms with E-state index in [2.05, 4.69) is 5.32 Å². The third-order valence-electron chi connectivity index (χ3n) is 4.29. The number of nitrogens with one attached hydrogen (secondary N) is 2. The second-order valence-corrected chi connectivity index (χ2v) is 7.10. The number of carbonyl (C=O) groups excluding carboxylic acids is 2. The van der Waals surface area contributed by atoms with E-state index in [1.807, 2.05) is 24.3 Å². The number of hydrogen-bond donors (Lipinski definition) is 3. The molecule has 2 rings (SSSR count). The van der Waals surface area contributed by atoms with Crippen molar-refractivity contribution >= 4 is 35.0 Å². The first kappa shape index (κ1) is 22.0. The molecule has 6 nitrogen and oxygen atoms in total. The summed E-state index contributed by atoms with van der Waals surface area (Å²) in [6.45, 7) is 0.457. The largest absolute Gasteiger partial charge is 0.497 e. The molecule has 0 aliphatic carbocycles. The van der Waals surface area contributed by atoms with E-state index < -0.39 is 11.8 Å². The molecule has 0 fully saturated rings. The van der Waals surface area contributed by atoms with Crippen LogP contribution in [0.1, 0.15) is 29.9 Å². The van der Waals surface area contributed by atoms with Crippen LogP contribution in [0.25, 0.3) is 0 Å². The van der Waals surface area contributed by atoms with Crippen LogP contribution in [0.2, 0.25) is 10.0 Å². The maximum atomic E-state index is 12.4. The van der Waals surface area contributed by atoms with Crippen molar-refractivity contribution in [2.75, 3.05) is 13.7 Å². The smallest absolute Gasteiger partial charge is 0.243 e. The van der Waals surface area contributed by atoms with Gasteiger partial charge in [-0.05, 0) is 41.8 Å². The number of hydrogen-bond acceptors (Lipinski definition) is 4. The van der Waals surface area contributed by atoms with Crippen molar-refractivity contribution in [1.29, 1.82) is 0 Å². The third kappa shape index (κ3) is 6.71. The fraction of sp³-hybridized carbons (Fsp3) is 0.300. The lowest BCUT2D eigenvalue weighted by Gasteiger charge is -2.18. The highest BCUT2D eigenvalue weighted by atomic mass is 35.5. The average Bonchev–Trinajstić information content (AvgIpc) is 2.68. The summed E-state index contributed by atoms with van der Waals surface area (Å²) in [4.78, 5) is 24.0. The molecule has 2 aromatic rings. The van der Waals surface area contributed by atoms with Crippen LogP contribution in [-0.4, -0.2) is 30.7 Å². The van der Waals surface area contributed by atoms with Crippen molar-refractivity contribution in [2.24, 2.45) is 0 Å². The van der Waals surface area contributed by atoms with E-state index in [1.54, 1.807) is 30.8 Å². The van der Waals surface area contributed by atoms with Gasteiger partial charge in [0, 0.05) is 35.3 Å². The summed E-state index contributed by atoms with van der Waals surface area (Å²) in [5.74, 6) is -0.521. The molecule has 2 aromatic carbocycles. The molecule has 150 valence electrons. The number of benzene rings is 2. The fourth-order valence-corrected chi connectivity index (χ4v) is 3.39. The SMILES string of the molecule is COc1ccc(CCNC(=O)CC(CC(=O)NO)c2ccc(Cl)cc2Cl)cc1. The standard InChI is InChI=1S/C20H22Cl2N2O4/c1-28-16-5-2-13(3-6-16)8-9-23-19(25)10-14(11-20(26)24-27)17-7-4-15(21)12-18(17)22/h2-7,12,14,27H,8-11H2,1H3,(H,23,25)(H,24,26). The number of amides is 2. The Bertz CT molecular complexity index is 812. The van der Waals surface area contributed by atoms with Crippen LogP contribution in [-0.2, 0) is 16.0 Å². The van der Waals surface area contributed by atoms with E-state index in [0.29, 0.717) is 28.6 Å². The number of hydroxylamine groups is 1. The zero-order valence-corrected chi connectivity index (χ0v) is 16.9. The summed E-state index contributed by atoms with van der Waals surface area (Å²) in [6, 6.07) is 12.5. The molecule has 0 aliphatic rings. The van der Waals surface area contributed by atoms with Gasteiger partial charge in [0.25, 0.3) is 0 Å². The van der Waals surface area contributed by atoms with Gasteiger partial charge in [0.05, 0.1) is 7.11 Å². The maximum absolute atomic E-state index is 12.4. The summed E-state index contributed by atoms with van der Waals surface area (Å²) < 4.78 is 5.12. The lowest BCUT2D eigenvalue weighted by molar-refractivity contribution is -0.129. The highest BCUT2D eigenvalue weighted by molar-refractivity contribution is 6.35. The Kier molecular flexibility index (Phi) is 8.57. The number of halogens is 2. The molecule has 8 heteroatoms. The first-order valence-electron chi connectivity index (χ1n) is 8.70. The first-order valence-corrected chi connectivity index (χ1v) is 9.46. The number of methoxy groups -OCH3 is 1. The van der Waals surface area contributed by atoms with Crippen molar-refractivity contribution in [2.45, 2.75) is 25.2 Å². The van der Waals surface area contributed by atoms with Crippen LogP contribution in [0.4, 0.5) is 0 Å². The van der Waals surface area contributed by atoms with Crippen molar-refractivity contribution in [3.63, 3.8) is 0 Å². The summed E-state index contributed by atoms with van der Waals surface area (Å²) in [6.07, 6.45) is 0.639. The number of ether oxygens (including phenoxy) is 1. The van der Waals surface area contributed by atoms with Gasteiger partial charge in [-0.2, -0.15) is 0 Å². The Morgan fingerprint density at radius 3 is 2.36 bits per heavy atom. The predicted octanol–water partition coefficient (Wildman–Crippen LogP) is 3.73. The van der Waals surface area contributed by atoms with Gasteiger partial charge in [-0.1, -0.05) is 41.4 Å². The van der Waals surface area contributed by atoms with Gasteiger partial charge in [-0.15, -0.1) is 0 Å². The molecule has 0 spiro atoms. The highest BCUT2D eigenvalue weighted by Crippen LogP contribution is 2.31. The van der Waals surface area contributed by atoms with Crippen molar-refractivity contribution < 1.29 is 19.5 Å². The lowest BCUT2D eigenvalue weighted by atomic mass is 9.91. The molecule has 3 N–H and O–H groups in total. The van der Waals surface area contributed by atoms with E-state index >= 15 is 0 Å². The van der Waals surface area contributed by atoms with Gasteiger partial charge in [0.15, 0.2) is 0 Å². The Hall–Kier alpha value is -2.28. The summed E-state index contributed by atoms with van der Waals surface area (Å²) >= 11 is 12.1.